The first-order valence-corrected chi connectivity index (χ1v) is 11.4. The molecular weight excluding hydrogens is 441 g/mol. The van der Waals surface area contributed by atoms with E-state index in [2.05, 4.69) is 10.9 Å². The molecule has 0 radical (unpaired) electrons. The smallest absolute Gasteiger partial charge is 0.288 e. The summed E-state index contributed by atoms with van der Waals surface area (Å²) in [6, 6.07) is 22.4. The van der Waals surface area contributed by atoms with Crippen LogP contribution >= 0.6 is 23.2 Å². The van der Waals surface area contributed by atoms with Crippen LogP contribution in [-0.2, 0) is 5.54 Å². The standard InChI is InChI=1S/C26H21Cl2N3O/c1-29-21-6-4-5-18(17-21)26-16-3-2-7-24(26)30(22-12-8-19(27)9-13-22)25(32)31(26)23-14-10-20(28)11-15-23/h4-6,8-15,17,24H,2-3,7,16H2/t24-,26-/m0/s1. The molecular formula is C26H21Cl2N3O. The summed E-state index contributed by atoms with van der Waals surface area (Å²) in [5, 5.41) is 1.26. The summed E-state index contributed by atoms with van der Waals surface area (Å²) >= 11 is 12.3. The van der Waals surface area contributed by atoms with Crippen molar-refractivity contribution in [1.82, 2.24) is 0 Å². The zero-order valence-corrected chi connectivity index (χ0v) is 18.9. The van der Waals surface area contributed by atoms with E-state index in [4.69, 9.17) is 29.8 Å². The van der Waals surface area contributed by atoms with Crippen molar-refractivity contribution >= 4 is 46.3 Å². The fraction of sp³-hybridized carbons (Fsp3) is 0.231. The molecule has 0 spiro atoms. The minimum Gasteiger partial charge on any atom is -0.288 e. The minimum atomic E-state index is -0.580. The number of carbonyl (C=O) groups excluding carboxylic acids is 1. The number of amides is 2. The molecule has 0 N–H and O–H groups in total. The van der Waals surface area contributed by atoms with E-state index in [-0.39, 0.29) is 12.1 Å². The molecule has 1 saturated heterocycles. The highest BCUT2D eigenvalue weighted by Crippen LogP contribution is 2.53. The molecule has 3 aromatic rings. The Morgan fingerprint density at radius 2 is 1.56 bits per heavy atom. The van der Waals surface area contributed by atoms with Gasteiger partial charge in [-0.2, -0.15) is 0 Å². The van der Waals surface area contributed by atoms with Crippen LogP contribution in [0.1, 0.15) is 31.2 Å². The molecule has 5 rings (SSSR count). The first kappa shape index (κ1) is 20.9. The van der Waals surface area contributed by atoms with E-state index in [0.717, 1.165) is 42.6 Å². The van der Waals surface area contributed by atoms with Crippen LogP contribution in [0, 0.1) is 6.57 Å². The van der Waals surface area contributed by atoms with Crippen molar-refractivity contribution in [3.8, 4) is 0 Å². The summed E-state index contributed by atoms with van der Waals surface area (Å²) in [5.41, 5.74) is 2.62. The number of hydrogen-bond donors (Lipinski definition) is 0. The van der Waals surface area contributed by atoms with E-state index in [9.17, 15) is 4.79 Å². The van der Waals surface area contributed by atoms with Gasteiger partial charge in [-0.15, -0.1) is 0 Å². The number of fused-ring (bicyclic) bond motifs is 1. The Balaban J connectivity index is 1.75. The molecule has 1 aliphatic carbocycles. The lowest BCUT2D eigenvalue weighted by Gasteiger charge is -2.45. The highest BCUT2D eigenvalue weighted by molar-refractivity contribution is 6.31. The Hall–Kier alpha value is -3.00. The maximum Gasteiger partial charge on any atom is 0.330 e. The van der Waals surface area contributed by atoms with E-state index < -0.39 is 5.54 Å². The number of carbonyl (C=O) groups is 1. The summed E-state index contributed by atoms with van der Waals surface area (Å²) in [4.78, 5) is 21.6. The van der Waals surface area contributed by atoms with Crippen molar-refractivity contribution in [2.75, 3.05) is 9.80 Å². The van der Waals surface area contributed by atoms with Gasteiger partial charge in [-0.1, -0.05) is 60.3 Å². The van der Waals surface area contributed by atoms with E-state index in [1.807, 2.05) is 76.5 Å². The van der Waals surface area contributed by atoms with E-state index in [1.165, 1.54) is 0 Å². The monoisotopic (exact) mass is 461 g/mol. The van der Waals surface area contributed by atoms with Gasteiger partial charge < -0.3 is 0 Å². The molecule has 1 heterocycles. The topological polar surface area (TPSA) is 27.9 Å². The van der Waals surface area contributed by atoms with Crippen molar-refractivity contribution in [2.24, 2.45) is 0 Å². The number of hydrogen-bond acceptors (Lipinski definition) is 1. The van der Waals surface area contributed by atoms with E-state index in [0.29, 0.717) is 15.7 Å². The lowest BCUT2D eigenvalue weighted by Crippen LogP contribution is -2.51. The quantitative estimate of drug-likeness (QED) is 0.365. The van der Waals surface area contributed by atoms with Crippen molar-refractivity contribution in [2.45, 2.75) is 37.3 Å². The highest BCUT2D eigenvalue weighted by Gasteiger charge is 2.59. The predicted octanol–water partition coefficient (Wildman–Crippen LogP) is 7.83. The molecule has 0 unspecified atom stereocenters. The van der Waals surface area contributed by atoms with Crippen LogP contribution in [0.15, 0.2) is 72.8 Å². The predicted molar refractivity (Wildman–Crippen MR) is 130 cm³/mol. The van der Waals surface area contributed by atoms with Crippen LogP contribution in [0.25, 0.3) is 4.85 Å². The van der Waals surface area contributed by atoms with Crippen LogP contribution in [0.3, 0.4) is 0 Å². The van der Waals surface area contributed by atoms with Gasteiger partial charge >= 0.3 is 6.03 Å². The fourth-order valence-corrected chi connectivity index (χ4v) is 5.54. The third-order valence-corrected chi connectivity index (χ3v) is 7.11. The molecule has 2 aliphatic rings. The average molecular weight is 462 g/mol. The number of benzene rings is 3. The third kappa shape index (κ3) is 3.24. The Bertz CT molecular complexity index is 1200. The van der Waals surface area contributed by atoms with Gasteiger partial charge in [0.05, 0.1) is 18.2 Å². The largest absolute Gasteiger partial charge is 0.330 e. The lowest BCUT2D eigenvalue weighted by molar-refractivity contribution is 0.252. The highest BCUT2D eigenvalue weighted by atomic mass is 35.5. The maximum atomic E-state index is 14.1. The molecule has 0 bridgehead atoms. The van der Waals surface area contributed by atoms with Crippen molar-refractivity contribution in [1.29, 1.82) is 0 Å². The summed E-state index contributed by atoms with van der Waals surface area (Å²) in [7, 11) is 0. The number of halogens is 2. The molecule has 6 heteroatoms. The molecule has 1 aliphatic heterocycles. The third-order valence-electron chi connectivity index (χ3n) is 6.61. The zero-order valence-electron chi connectivity index (χ0n) is 17.3. The molecule has 32 heavy (non-hydrogen) atoms. The maximum absolute atomic E-state index is 14.1. The Kier molecular flexibility index (Phi) is 5.33. The van der Waals surface area contributed by atoms with Crippen LogP contribution in [0.5, 0.6) is 0 Å². The summed E-state index contributed by atoms with van der Waals surface area (Å²) in [6.07, 6.45) is 3.74. The average Bonchev–Trinajstić information content (AvgIpc) is 3.09. The van der Waals surface area contributed by atoms with Gasteiger partial charge in [-0.25, -0.2) is 9.64 Å². The Morgan fingerprint density at radius 3 is 2.22 bits per heavy atom. The minimum absolute atomic E-state index is 0.0680. The number of urea groups is 1. The van der Waals surface area contributed by atoms with Crippen molar-refractivity contribution in [3.63, 3.8) is 0 Å². The second-order valence-electron chi connectivity index (χ2n) is 8.29. The molecule has 2 fully saturated rings. The van der Waals surface area contributed by atoms with Gasteiger partial charge in [-0.05, 0) is 66.9 Å². The number of anilines is 2. The van der Waals surface area contributed by atoms with Gasteiger partial charge in [0.15, 0.2) is 5.69 Å². The molecule has 1 saturated carbocycles. The van der Waals surface area contributed by atoms with E-state index >= 15 is 0 Å². The molecule has 4 nitrogen and oxygen atoms in total. The number of rotatable bonds is 3. The molecule has 3 aromatic carbocycles. The SMILES string of the molecule is [C-]#[N+]c1cccc([C@@]23CCCC[C@@H]2N(c2ccc(Cl)cc2)C(=O)N3c2ccc(Cl)cc2)c1. The second-order valence-corrected chi connectivity index (χ2v) is 9.16. The van der Waals surface area contributed by atoms with Crippen molar-refractivity contribution < 1.29 is 4.79 Å². The van der Waals surface area contributed by atoms with Crippen molar-refractivity contribution in [3.05, 3.63) is 99.8 Å². The first-order chi connectivity index (χ1) is 15.5. The van der Waals surface area contributed by atoms with Crippen LogP contribution in [0.4, 0.5) is 21.9 Å². The summed E-state index contributed by atoms with van der Waals surface area (Å²) < 4.78 is 0. The van der Waals surface area contributed by atoms with Crippen LogP contribution in [0.2, 0.25) is 10.0 Å². The summed E-state index contributed by atoms with van der Waals surface area (Å²) in [6.45, 7) is 7.52. The van der Waals surface area contributed by atoms with Gasteiger partial charge in [0.25, 0.3) is 0 Å². The Labute approximate surface area is 197 Å². The van der Waals surface area contributed by atoms with Gasteiger partial charge in [-0.3, -0.25) is 9.80 Å². The van der Waals surface area contributed by atoms with Crippen LogP contribution in [-0.4, -0.2) is 12.1 Å². The van der Waals surface area contributed by atoms with Gasteiger partial charge in [0, 0.05) is 21.4 Å². The molecule has 160 valence electrons. The fourth-order valence-electron chi connectivity index (χ4n) is 5.29. The van der Waals surface area contributed by atoms with Gasteiger partial charge in [0.1, 0.15) is 0 Å². The van der Waals surface area contributed by atoms with E-state index in [1.54, 1.807) is 0 Å². The normalized spacial score (nSPS) is 22.5. The van der Waals surface area contributed by atoms with Crippen LogP contribution < -0.4 is 9.80 Å². The second kappa shape index (κ2) is 8.16. The number of nitrogens with zero attached hydrogens (tertiary/aromatic N) is 3. The molecule has 0 aromatic heterocycles. The summed E-state index contributed by atoms with van der Waals surface area (Å²) in [5.74, 6) is 0. The molecule has 2 atom stereocenters. The molecule has 2 amide bonds. The zero-order chi connectivity index (χ0) is 22.3. The van der Waals surface area contributed by atoms with Gasteiger partial charge in [0.2, 0.25) is 0 Å². The Morgan fingerprint density at radius 1 is 0.906 bits per heavy atom. The first-order valence-electron chi connectivity index (χ1n) is 10.7. The lowest BCUT2D eigenvalue weighted by atomic mass is 9.72.